The molecule has 3 N–H and O–H groups in total. The SMILES string of the molecule is COc1cc(CC(CN)c2ccc(C(C)(C)C)cc2)ccc1O. The Balaban J connectivity index is 2.20. The summed E-state index contributed by atoms with van der Waals surface area (Å²) in [6.07, 6.45) is 0.821. The van der Waals surface area contributed by atoms with Gasteiger partial charge in [-0.05, 0) is 47.2 Å². The molecule has 2 rings (SSSR count). The Morgan fingerprint density at radius 1 is 1.09 bits per heavy atom. The first kappa shape index (κ1) is 17.4. The van der Waals surface area contributed by atoms with Crippen molar-refractivity contribution in [3.8, 4) is 11.5 Å². The van der Waals surface area contributed by atoms with Gasteiger partial charge in [-0.2, -0.15) is 0 Å². The number of nitrogens with two attached hydrogens (primary N) is 1. The van der Waals surface area contributed by atoms with Crippen LogP contribution >= 0.6 is 0 Å². The predicted molar refractivity (Wildman–Crippen MR) is 95.3 cm³/mol. The summed E-state index contributed by atoms with van der Waals surface area (Å²) in [7, 11) is 1.56. The lowest BCUT2D eigenvalue weighted by atomic mass is 9.84. The molecular formula is C20H27NO2. The van der Waals surface area contributed by atoms with E-state index in [1.807, 2.05) is 12.1 Å². The molecular weight excluding hydrogens is 286 g/mol. The minimum atomic E-state index is 0.154. The molecule has 0 bridgehead atoms. The zero-order valence-electron chi connectivity index (χ0n) is 14.5. The Kier molecular flexibility index (Phi) is 5.32. The normalized spacial score (nSPS) is 12.9. The van der Waals surface area contributed by atoms with Crippen LogP contribution in [-0.4, -0.2) is 18.8 Å². The number of benzene rings is 2. The highest BCUT2D eigenvalue weighted by atomic mass is 16.5. The summed E-state index contributed by atoms with van der Waals surface area (Å²) >= 11 is 0. The van der Waals surface area contributed by atoms with Gasteiger partial charge in [-0.25, -0.2) is 0 Å². The molecule has 0 aromatic heterocycles. The second-order valence-electron chi connectivity index (χ2n) is 7.01. The van der Waals surface area contributed by atoms with Gasteiger partial charge < -0.3 is 15.6 Å². The van der Waals surface area contributed by atoms with E-state index in [0.717, 1.165) is 12.0 Å². The van der Waals surface area contributed by atoms with Gasteiger partial charge in [0.05, 0.1) is 7.11 Å². The summed E-state index contributed by atoms with van der Waals surface area (Å²) in [5.41, 5.74) is 9.82. The molecule has 0 heterocycles. The van der Waals surface area contributed by atoms with Crippen LogP contribution in [0.2, 0.25) is 0 Å². The molecule has 0 aliphatic carbocycles. The van der Waals surface area contributed by atoms with Gasteiger partial charge in [0.2, 0.25) is 0 Å². The van der Waals surface area contributed by atoms with Crippen LogP contribution in [0.15, 0.2) is 42.5 Å². The number of phenolic OH excluding ortho intramolecular Hbond substituents is 1. The number of phenols is 1. The maximum absolute atomic E-state index is 9.70. The lowest BCUT2D eigenvalue weighted by molar-refractivity contribution is 0.373. The second kappa shape index (κ2) is 7.05. The molecule has 0 saturated carbocycles. The fraction of sp³-hybridized carbons (Fsp3) is 0.400. The van der Waals surface area contributed by atoms with Crippen molar-refractivity contribution in [2.24, 2.45) is 5.73 Å². The van der Waals surface area contributed by atoms with E-state index in [0.29, 0.717) is 12.3 Å². The number of rotatable bonds is 5. The van der Waals surface area contributed by atoms with E-state index in [1.165, 1.54) is 11.1 Å². The van der Waals surface area contributed by atoms with Crippen LogP contribution in [0, 0.1) is 0 Å². The van der Waals surface area contributed by atoms with Gasteiger partial charge in [-0.3, -0.25) is 0 Å². The Bertz CT molecular complexity index is 642. The topological polar surface area (TPSA) is 55.5 Å². The molecule has 1 unspecified atom stereocenters. The Morgan fingerprint density at radius 2 is 1.74 bits per heavy atom. The summed E-state index contributed by atoms with van der Waals surface area (Å²) in [6.45, 7) is 7.22. The molecule has 23 heavy (non-hydrogen) atoms. The van der Waals surface area contributed by atoms with Crippen LogP contribution in [-0.2, 0) is 11.8 Å². The molecule has 0 amide bonds. The number of ether oxygens (including phenoxy) is 1. The highest BCUT2D eigenvalue weighted by Gasteiger charge is 2.16. The van der Waals surface area contributed by atoms with Crippen molar-refractivity contribution in [3.05, 3.63) is 59.2 Å². The molecule has 0 fully saturated rings. The van der Waals surface area contributed by atoms with Crippen molar-refractivity contribution in [3.63, 3.8) is 0 Å². The van der Waals surface area contributed by atoms with Crippen molar-refractivity contribution in [2.75, 3.05) is 13.7 Å². The minimum Gasteiger partial charge on any atom is -0.504 e. The van der Waals surface area contributed by atoms with Crippen LogP contribution in [0.4, 0.5) is 0 Å². The van der Waals surface area contributed by atoms with E-state index < -0.39 is 0 Å². The van der Waals surface area contributed by atoms with Crippen LogP contribution in [0.25, 0.3) is 0 Å². The van der Waals surface area contributed by atoms with Gasteiger partial charge in [-0.1, -0.05) is 51.1 Å². The highest BCUT2D eigenvalue weighted by molar-refractivity contribution is 5.42. The Hall–Kier alpha value is -2.00. The van der Waals surface area contributed by atoms with Gasteiger partial charge in [0, 0.05) is 5.92 Å². The van der Waals surface area contributed by atoms with Crippen LogP contribution in [0.1, 0.15) is 43.4 Å². The van der Waals surface area contributed by atoms with Crippen molar-refractivity contribution in [1.29, 1.82) is 0 Å². The number of hydrogen-bond acceptors (Lipinski definition) is 3. The third-order valence-electron chi connectivity index (χ3n) is 4.26. The molecule has 0 spiro atoms. The van der Waals surface area contributed by atoms with E-state index in [4.69, 9.17) is 10.5 Å². The van der Waals surface area contributed by atoms with Gasteiger partial charge >= 0.3 is 0 Å². The lowest BCUT2D eigenvalue weighted by Crippen LogP contribution is -2.16. The molecule has 2 aromatic rings. The Labute approximate surface area is 139 Å². The third-order valence-corrected chi connectivity index (χ3v) is 4.26. The molecule has 0 radical (unpaired) electrons. The first-order valence-corrected chi connectivity index (χ1v) is 8.01. The zero-order chi connectivity index (χ0) is 17.0. The first-order chi connectivity index (χ1) is 10.8. The monoisotopic (exact) mass is 313 g/mol. The average Bonchev–Trinajstić information content (AvgIpc) is 2.53. The third kappa shape index (κ3) is 4.26. The van der Waals surface area contributed by atoms with Gasteiger partial charge in [0.15, 0.2) is 11.5 Å². The van der Waals surface area contributed by atoms with E-state index in [-0.39, 0.29) is 17.1 Å². The summed E-state index contributed by atoms with van der Waals surface area (Å²) in [6, 6.07) is 14.2. The van der Waals surface area contributed by atoms with Crippen molar-refractivity contribution >= 4 is 0 Å². The maximum Gasteiger partial charge on any atom is 0.160 e. The predicted octanol–water partition coefficient (Wildman–Crippen LogP) is 3.98. The number of hydrogen-bond donors (Lipinski definition) is 2. The average molecular weight is 313 g/mol. The van der Waals surface area contributed by atoms with Gasteiger partial charge in [-0.15, -0.1) is 0 Å². The molecule has 0 aliphatic heterocycles. The van der Waals surface area contributed by atoms with Gasteiger partial charge in [0.25, 0.3) is 0 Å². The molecule has 3 heteroatoms. The minimum absolute atomic E-state index is 0.154. The largest absolute Gasteiger partial charge is 0.504 e. The smallest absolute Gasteiger partial charge is 0.160 e. The van der Waals surface area contributed by atoms with Crippen molar-refractivity contribution < 1.29 is 9.84 Å². The molecule has 3 nitrogen and oxygen atoms in total. The molecule has 0 saturated heterocycles. The molecule has 1 atom stereocenters. The summed E-state index contributed by atoms with van der Waals surface area (Å²) in [5.74, 6) is 0.912. The van der Waals surface area contributed by atoms with E-state index in [9.17, 15) is 5.11 Å². The van der Waals surface area contributed by atoms with Crippen LogP contribution in [0.5, 0.6) is 11.5 Å². The van der Waals surface area contributed by atoms with Crippen LogP contribution < -0.4 is 10.5 Å². The van der Waals surface area contributed by atoms with E-state index in [2.05, 4.69) is 45.0 Å². The van der Waals surface area contributed by atoms with Gasteiger partial charge in [0.1, 0.15) is 0 Å². The first-order valence-electron chi connectivity index (χ1n) is 8.01. The quantitative estimate of drug-likeness (QED) is 0.877. The number of aromatic hydroxyl groups is 1. The highest BCUT2D eigenvalue weighted by Crippen LogP contribution is 2.30. The fourth-order valence-electron chi connectivity index (χ4n) is 2.73. The summed E-state index contributed by atoms with van der Waals surface area (Å²) in [5, 5.41) is 9.70. The van der Waals surface area contributed by atoms with Crippen molar-refractivity contribution in [2.45, 2.75) is 38.5 Å². The molecule has 0 aliphatic rings. The fourth-order valence-corrected chi connectivity index (χ4v) is 2.73. The van der Waals surface area contributed by atoms with E-state index in [1.54, 1.807) is 13.2 Å². The standard InChI is InChI=1S/C20H27NO2/c1-20(2,3)17-8-6-15(7-9-17)16(13-21)11-14-5-10-18(22)19(12-14)23-4/h5-10,12,16,22H,11,13,21H2,1-4H3. The molecule has 2 aromatic carbocycles. The maximum atomic E-state index is 9.70. The second-order valence-corrected chi connectivity index (χ2v) is 7.01. The number of methoxy groups -OCH3 is 1. The van der Waals surface area contributed by atoms with Crippen LogP contribution in [0.3, 0.4) is 0 Å². The zero-order valence-corrected chi connectivity index (χ0v) is 14.5. The summed E-state index contributed by atoms with van der Waals surface area (Å²) in [4.78, 5) is 0. The Morgan fingerprint density at radius 3 is 2.26 bits per heavy atom. The molecule has 124 valence electrons. The van der Waals surface area contributed by atoms with E-state index >= 15 is 0 Å². The van der Waals surface area contributed by atoms with Crippen molar-refractivity contribution in [1.82, 2.24) is 0 Å². The summed E-state index contributed by atoms with van der Waals surface area (Å²) < 4.78 is 5.18. The lowest BCUT2D eigenvalue weighted by Gasteiger charge is -2.21.